The van der Waals surface area contributed by atoms with Gasteiger partial charge in [-0.15, -0.1) is 0 Å². The number of benzene rings is 1. The third-order valence-electron chi connectivity index (χ3n) is 6.53. The number of nitrogens with one attached hydrogen (secondary N) is 1. The Bertz CT molecular complexity index is 1040. The van der Waals surface area contributed by atoms with Crippen LogP contribution in [0, 0.1) is 5.92 Å². The third kappa shape index (κ3) is 4.71. The second kappa shape index (κ2) is 9.83. The lowest BCUT2D eigenvalue weighted by Gasteiger charge is -2.31. The molecule has 170 valence electrons. The molecular weight excluding hydrogens is 408 g/mol. The van der Waals surface area contributed by atoms with E-state index in [4.69, 9.17) is 14.0 Å². The van der Waals surface area contributed by atoms with Crippen LogP contribution in [0.25, 0.3) is 10.9 Å². The summed E-state index contributed by atoms with van der Waals surface area (Å²) in [7, 11) is 0. The van der Waals surface area contributed by atoms with Crippen molar-refractivity contribution in [2.24, 2.45) is 5.92 Å². The summed E-state index contributed by atoms with van der Waals surface area (Å²) in [6.45, 7) is 4.37. The number of aromatic nitrogens is 3. The van der Waals surface area contributed by atoms with Crippen LogP contribution in [0.1, 0.15) is 53.7 Å². The fourth-order valence-electron chi connectivity index (χ4n) is 4.64. The molecule has 0 saturated carbocycles. The largest absolute Gasteiger partial charge is 0.381 e. The van der Waals surface area contributed by atoms with Crippen molar-refractivity contribution in [3.63, 3.8) is 0 Å². The second-order valence-corrected chi connectivity index (χ2v) is 8.77. The van der Waals surface area contributed by atoms with Crippen LogP contribution in [-0.2, 0) is 15.9 Å². The summed E-state index contributed by atoms with van der Waals surface area (Å²) in [4.78, 5) is 22.9. The summed E-state index contributed by atoms with van der Waals surface area (Å²) in [6.07, 6.45) is 6.45. The molecule has 2 fully saturated rings. The molecule has 1 unspecified atom stereocenters. The molecule has 5 rings (SSSR count). The van der Waals surface area contributed by atoms with Gasteiger partial charge in [-0.05, 0) is 37.7 Å². The highest BCUT2D eigenvalue weighted by Gasteiger charge is 2.30. The maximum absolute atomic E-state index is 13.2. The van der Waals surface area contributed by atoms with E-state index < -0.39 is 0 Å². The number of para-hydroxylation sites is 1. The van der Waals surface area contributed by atoms with Gasteiger partial charge < -0.3 is 23.9 Å². The van der Waals surface area contributed by atoms with Crippen molar-refractivity contribution in [3.8, 4) is 0 Å². The van der Waals surface area contributed by atoms with Crippen molar-refractivity contribution in [1.29, 1.82) is 0 Å². The molecule has 3 aromatic rings. The summed E-state index contributed by atoms with van der Waals surface area (Å²) in [6, 6.07) is 7.89. The number of nitrogens with zero attached hydrogens (tertiary/aromatic N) is 3. The first-order chi connectivity index (χ1) is 15.8. The molecule has 8 heteroatoms. The number of ether oxygens (including phenoxy) is 2. The average molecular weight is 439 g/mol. The molecule has 0 radical (unpaired) electrons. The van der Waals surface area contributed by atoms with Crippen LogP contribution < -0.4 is 0 Å². The predicted octanol–water partition coefficient (Wildman–Crippen LogP) is 3.56. The van der Waals surface area contributed by atoms with E-state index in [0.717, 1.165) is 63.0 Å². The van der Waals surface area contributed by atoms with Crippen LogP contribution in [-0.4, -0.2) is 65.4 Å². The molecule has 1 amide bonds. The number of carbonyl (C=O) groups excluding carboxylic acids is 1. The van der Waals surface area contributed by atoms with Crippen molar-refractivity contribution >= 4 is 16.8 Å². The Morgan fingerprint density at radius 2 is 2.09 bits per heavy atom. The van der Waals surface area contributed by atoms with E-state index in [0.29, 0.717) is 42.8 Å². The molecule has 2 aromatic heterocycles. The Labute approximate surface area is 187 Å². The van der Waals surface area contributed by atoms with Crippen molar-refractivity contribution in [1.82, 2.24) is 20.0 Å². The van der Waals surface area contributed by atoms with E-state index in [9.17, 15) is 4.79 Å². The molecule has 0 aliphatic carbocycles. The highest BCUT2D eigenvalue weighted by Crippen LogP contribution is 2.28. The minimum atomic E-state index is 0.0494. The zero-order valence-electron chi connectivity index (χ0n) is 18.3. The van der Waals surface area contributed by atoms with Crippen LogP contribution in [0.15, 0.2) is 35.0 Å². The molecule has 32 heavy (non-hydrogen) atoms. The summed E-state index contributed by atoms with van der Waals surface area (Å²) in [5, 5.41) is 5.10. The number of hydrogen-bond donors (Lipinski definition) is 1. The Balaban J connectivity index is 1.15. The first-order valence-electron chi connectivity index (χ1n) is 11.6. The van der Waals surface area contributed by atoms with E-state index in [1.54, 1.807) is 0 Å². The monoisotopic (exact) mass is 438 g/mol. The first kappa shape index (κ1) is 21.2. The minimum Gasteiger partial charge on any atom is -0.381 e. The normalized spacial score (nSPS) is 20.1. The van der Waals surface area contributed by atoms with Crippen molar-refractivity contribution in [3.05, 3.63) is 47.7 Å². The lowest BCUT2D eigenvalue weighted by molar-refractivity contribution is 0.0211. The van der Waals surface area contributed by atoms with Gasteiger partial charge in [0.05, 0.1) is 18.1 Å². The van der Waals surface area contributed by atoms with Gasteiger partial charge in [-0.25, -0.2) is 0 Å². The topological polar surface area (TPSA) is 93.5 Å². The molecule has 0 bridgehead atoms. The van der Waals surface area contributed by atoms with Crippen LogP contribution >= 0.6 is 0 Å². The van der Waals surface area contributed by atoms with Crippen molar-refractivity contribution in [2.45, 2.75) is 38.0 Å². The Kier molecular flexibility index (Phi) is 6.50. The molecule has 1 N–H and O–H groups in total. The van der Waals surface area contributed by atoms with E-state index in [-0.39, 0.29) is 11.8 Å². The van der Waals surface area contributed by atoms with Gasteiger partial charge >= 0.3 is 0 Å². The number of H-pyrrole nitrogens is 1. The maximum Gasteiger partial charge on any atom is 0.256 e. The van der Waals surface area contributed by atoms with E-state index >= 15 is 0 Å². The lowest BCUT2D eigenvalue weighted by atomic mass is 9.97. The van der Waals surface area contributed by atoms with E-state index in [2.05, 4.69) is 15.1 Å². The predicted molar refractivity (Wildman–Crippen MR) is 119 cm³/mol. The fraction of sp³-hybridized carbons (Fsp3) is 0.542. The van der Waals surface area contributed by atoms with Gasteiger partial charge in [-0.1, -0.05) is 23.4 Å². The Morgan fingerprint density at radius 3 is 3.00 bits per heavy atom. The number of carbonyl (C=O) groups is 1. The average Bonchev–Trinajstić information content (AvgIpc) is 3.50. The Morgan fingerprint density at radius 1 is 1.22 bits per heavy atom. The fourth-order valence-corrected chi connectivity index (χ4v) is 4.64. The van der Waals surface area contributed by atoms with Gasteiger partial charge in [-0.3, -0.25) is 4.79 Å². The zero-order chi connectivity index (χ0) is 21.8. The molecule has 2 aliphatic rings. The quantitative estimate of drug-likeness (QED) is 0.567. The van der Waals surface area contributed by atoms with Gasteiger partial charge in [0, 0.05) is 56.4 Å². The zero-order valence-corrected chi connectivity index (χ0v) is 18.3. The van der Waals surface area contributed by atoms with Crippen LogP contribution in [0.4, 0.5) is 0 Å². The highest BCUT2D eigenvalue weighted by molar-refractivity contribution is 6.06. The van der Waals surface area contributed by atoms with Crippen LogP contribution in [0.2, 0.25) is 0 Å². The lowest BCUT2D eigenvalue weighted by Crippen LogP contribution is -2.39. The number of piperidine rings is 1. The van der Waals surface area contributed by atoms with Gasteiger partial charge in [0.15, 0.2) is 5.82 Å². The van der Waals surface area contributed by atoms with Gasteiger partial charge in [0.2, 0.25) is 5.89 Å². The second-order valence-electron chi connectivity index (χ2n) is 8.77. The summed E-state index contributed by atoms with van der Waals surface area (Å²) in [5.41, 5.74) is 1.69. The van der Waals surface area contributed by atoms with E-state index in [1.165, 1.54) is 0 Å². The number of likely N-dealkylation sites (tertiary alicyclic amines) is 1. The highest BCUT2D eigenvalue weighted by atomic mass is 16.5. The van der Waals surface area contributed by atoms with Crippen molar-refractivity contribution < 1.29 is 18.8 Å². The molecule has 2 aliphatic heterocycles. The molecule has 0 spiro atoms. The molecule has 1 aromatic carbocycles. The van der Waals surface area contributed by atoms with Gasteiger partial charge in [0.25, 0.3) is 5.91 Å². The Hall–Kier alpha value is -2.71. The number of fused-ring (bicyclic) bond motifs is 1. The molecule has 2 saturated heterocycles. The molecule has 4 heterocycles. The summed E-state index contributed by atoms with van der Waals surface area (Å²) in [5.74, 6) is 2.01. The minimum absolute atomic E-state index is 0.0494. The number of aromatic amines is 1. The van der Waals surface area contributed by atoms with Crippen LogP contribution in [0.3, 0.4) is 0 Å². The molecule has 1 atom stereocenters. The number of amides is 1. The summed E-state index contributed by atoms with van der Waals surface area (Å²) >= 11 is 0. The van der Waals surface area contributed by atoms with Crippen molar-refractivity contribution in [2.75, 3.05) is 39.5 Å². The molecular formula is C24H30N4O4. The SMILES string of the molecule is O=C(c1c[nH]c2ccccc12)N1CCCC(c2nc(CCOCC3CCOCC3)no2)C1. The first-order valence-corrected chi connectivity index (χ1v) is 11.6. The molecule has 8 nitrogen and oxygen atoms in total. The van der Waals surface area contributed by atoms with Gasteiger partial charge in [0.1, 0.15) is 0 Å². The standard InChI is InChI=1S/C24H30N4O4/c29-24(20-14-25-21-6-2-1-5-19(20)21)28-10-3-4-18(15-28)23-26-22(27-32-23)9-13-31-16-17-7-11-30-12-8-17/h1-2,5-6,14,17-18,25H,3-4,7-13,15-16H2. The third-order valence-corrected chi connectivity index (χ3v) is 6.53. The number of rotatable bonds is 7. The number of hydrogen-bond acceptors (Lipinski definition) is 6. The summed E-state index contributed by atoms with van der Waals surface area (Å²) < 4.78 is 16.8. The van der Waals surface area contributed by atoms with Gasteiger partial charge in [-0.2, -0.15) is 4.98 Å². The smallest absolute Gasteiger partial charge is 0.256 e. The van der Waals surface area contributed by atoms with E-state index in [1.807, 2.05) is 35.4 Å². The maximum atomic E-state index is 13.2. The van der Waals surface area contributed by atoms with Crippen LogP contribution in [0.5, 0.6) is 0 Å².